The highest BCUT2D eigenvalue weighted by molar-refractivity contribution is 8.26. The third-order valence-corrected chi connectivity index (χ3v) is 7.68. The van der Waals surface area contributed by atoms with E-state index in [1.807, 2.05) is 30.3 Å². The molecule has 1 amide bonds. The van der Waals surface area contributed by atoms with E-state index in [1.165, 1.54) is 35.4 Å². The lowest BCUT2D eigenvalue weighted by atomic mass is 10.1. The van der Waals surface area contributed by atoms with Gasteiger partial charge in [0.15, 0.2) is 0 Å². The van der Waals surface area contributed by atoms with Gasteiger partial charge in [0.1, 0.15) is 15.8 Å². The van der Waals surface area contributed by atoms with Crippen molar-refractivity contribution < 1.29 is 9.90 Å². The van der Waals surface area contributed by atoms with E-state index in [9.17, 15) is 14.7 Å². The van der Waals surface area contributed by atoms with Gasteiger partial charge < -0.3 is 10.4 Å². The molecule has 3 aromatic rings. The molecule has 0 spiro atoms. The van der Waals surface area contributed by atoms with Crippen LogP contribution in [0.1, 0.15) is 62.7 Å². The number of anilines is 1. The quantitative estimate of drug-likeness (QED) is 0.182. The molecule has 2 aromatic heterocycles. The number of pyridine rings is 1. The van der Waals surface area contributed by atoms with Crippen molar-refractivity contribution in [2.24, 2.45) is 0 Å². The van der Waals surface area contributed by atoms with Gasteiger partial charge in [-0.15, -0.1) is 0 Å². The molecule has 3 heterocycles. The molecule has 1 saturated heterocycles. The van der Waals surface area contributed by atoms with E-state index >= 15 is 0 Å². The maximum atomic E-state index is 13.4. The number of hydrogen-bond acceptors (Lipinski definition) is 7. The van der Waals surface area contributed by atoms with E-state index in [4.69, 9.17) is 12.2 Å². The van der Waals surface area contributed by atoms with Crippen molar-refractivity contribution in [2.75, 3.05) is 18.4 Å². The first-order chi connectivity index (χ1) is 18.0. The minimum absolute atomic E-state index is 0.152. The molecule has 1 atom stereocenters. The first-order valence-electron chi connectivity index (χ1n) is 12.7. The molecule has 194 valence electrons. The van der Waals surface area contributed by atoms with Crippen LogP contribution in [0.3, 0.4) is 0 Å². The lowest BCUT2D eigenvalue weighted by Crippen LogP contribution is -2.29. The van der Waals surface area contributed by atoms with Gasteiger partial charge in [0.05, 0.1) is 16.6 Å². The van der Waals surface area contributed by atoms with E-state index in [1.54, 1.807) is 35.4 Å². The van der Waals surface area contributed by atoms with Crippen molar-refractivity contribution in [1.29, 1.82) is 0 Å². The van der Waals surface area contributed by atoms with Crippen molar-refractivity contribution in [2.45, 2.75) is 51.6 Å². The standard InChI is InChI=1S/C28H32N4O3S2/c1-2-3-4-5-6-11-17-32-27(35)23(37-28(32)36)18-21-25(29-19-22(33)20-13-8-7-9-14-20)30-24-15-10-12-16-31(24)26(21)34/h7-10,12-16,18,22,29,33H,2-6,11,17,19H2,1H3/b23-18-. The molecule has 7 nitrogen and oxygen atoms in total. The lowest BCUT2D eigenvalue weighted by molar-refractivity contribution is -0.122. The lowest BCUT2D eigenvalue weighted by Gasteiger charge is -2.15. The molecule has 1 aliphatic rings. The number of aromatic nitrogens is 2. The summed E-state index contributed by atoms with van der Waals surface area (Å²) in [6.45, 7) is 2.92. The van der Waals surface area contributed by atoms with E-state index < -0.39 is 6.10 Å². The Morgan fingerprint density at radius 3 is 2.57 bits per heavy atom. The Morgan fingerprint density at radius 1 is 1.05 bits per heavy atom. The first kappa shape index (κ1) is 27.0. The van der Waals surface area contributed by atoms with Gasteiger partial charge in [0.2, 0.25) is 0 Å². The number of carbonyl (C=O) groups is 1. The summed E-state index contributed by atoms with van der Waals surface area (Å²) in [5, 5.41) is 13.8. The Morgan fingerprint density at radius 2 is 1.78 bits per heavy atom. The van der Waals surface area contributed by atoms with Crippen LogP contribution in [0.5, 0.6) is 0 Å². The van der Waals surface area contributed by atoms with Crippen molar-refractivity contribution in [1.82, 2.24) is 14.3 Å². The monoisotopic (exact) mass is 536 g/mol. The molecule has 4 rings (SSSR count). The average molecular weight is 537 g/mol. The summed E-state index contributed by atoms with van der Waals surface area (Å²) in [5.41, 5.74) is 1.18. The Bertz CT molecular complexity index is 1340. The van der Waals surface area contributed by atoms with Crippen molar-refractivity contribution >= 4 is 51.7 Å². The van der Waals surface area contributed by atoms with Crippen molar-refractivity contribution in [3.05, 3.63) is 81.1 Å². The smallest absolute Gasteiger partial charge is 0.267 e. The highest BCUT2D eigenvalue weighted by Gasteiger charge is 2.32. The molecule has 1 aromatic carbocycles. The Kier molecular flexibility index (Phi) is 9.49. The second-order valence-corrected chi connectivity index (χ2v) is 10.7. The van der Waals surface area contributed by atoms with Crippen LogP contribution >= 0.6 is 24.0 Å². The number of benzene rings is 1. The van der Waals surface area contributed by atoms with Crippen LogP contribution in [0.15, 0.2) is 64.4 Å². The van der Waals surface area contributed by atoms with Crippen LogP contribution < -0.4 is 10.9 Å². The van der Waals surface area contributed by atoms with Gasteiger partial charge in [0.25, 0.3) is 11.5 Å². The van der Waals surface area contributed by atoms with Crippen LogP contribution in [0.2, 0.25) is 0 Å². The number of aliphatic hydroxyl groups is 1. The van der Waals surface area contributed by atoms with Gasteiger partial charge in [-0.2, -0.15) is 0 Å². The zero-order valence-electron chi connectivity index (χ0n) is 20.9. The molecule has 2 N–H and O–H groups in total. The fraction of sp³-hybridized carbons (Fsp3) is 0.357. The molecule has 0 aliphatic carbocycles. The number of thioether (sulfide) groups is 1. The van der Waals surface area contributed by atoms with Crippen molar-refractivity contribution in [3.8, 4) is 0 Å². The molecule has 1 aliphatic heterocycles. The van der Waals surface area contributed by atoms with E-state index in [0.717, 1.165) is 24.8 Å². The fourth-order valence-corrected chi connectivity index (χ4v) is 5.52. The maximum absolute atomic E-state index is 13.4. The van der Waals surface area contributed by atoms with Crippen LogP contribution in [-0.4, -0.2) is 42.7 Å². The highest BCUT2D eigenvalue weighted by atomic mass is 32.2. The Hall–Kier alpha value is -3.01. The third-order valence-electron chi connectivity index (χ3n) is 6.30. The number of nitrogens with one attached hydrogen (secondary N) is 1. The number of aliphatic hydroxyl groups excluding tert-OH is 1. The molecule has 9 heteroatoms. The normalized spacial score (nSPS) is 15.6. The molecular formula is C28H32N4O3S2. The number of carbonyl (C=O) groups excluding carboxylic acids is 1. The number of rotatable bonds is 12. The van der Waals surface area contributed by atoms with Crippen molar-refractivity contribution in [3.63, 3.8) is 0 Å². The Labute approximate surface area is 226 Å². The molecule has 1 unspecified atom stereocenters. The fourth-order valence-electron chi connectivity index (χ4n) is 4.23. The minimum atomic E-state index is -0.791. The van der Waals surface area contributed by atoms with Gasteiger partial charge in [-0.05, 0) is 30.2 Å². The largest absolute Gasteiger partial charge is 0.387 e. The first-order valence-corrected chi connectivity index (χ1v) is 14.0. The van der Waals surface area contributed by atoms with Gasteiger partial charge in [-0.3, -0.25) is 18.9 Å². The second-order valence-electron chi connectivity index (χ2n) is 9.02. The average Bonchev–Trinajstić information content (AvgIpc) is 3.18. The molecule has 0 saturated carbocycles. The summed E-state index contributed by atoms with van der Waals surface area (Å²) in [7, 11) is 0. The summed E-state index contributed by atoms with van der Waals surface area (Å²) in [6, 6.07) is 14.6. The summed E-state index contributed by atoms with van der Waals surface area (Å²) in [4.78, 5) is 33.3. The predicted molar refractivity (Wildman–Crippen MR) is 155 cm³/mol. The molecule has 0 bridgehead atoms. The van der Waals surface area contributed by atoms with E-state index in [-0.39, 0.29) is 23.6 Å². The highest BCUT2D eigenvalue weighted by Crippen LogP contribution is 2.33. The van der Waals surface area contributed by atoms with Gasteiger partial charge >= 0.3 is 0 Å². The third kappa shape index (κ3) is 6.66. The number of thiocarbonyl (C=S) groups is 1. The topological polar surface area (TPSA) is 86.9 Å². The number of nitrogens with zero attached hydrogens (tertiary/aromatic N) is 3. The predicted octanol–water partition coefficient (Wildman–Crippen LogP) is 5.40. The number of unbranched alkanes of at least 4 members (excludes halogenated alkanes) is 5. The zero-order valence-corrected chi connectivity index (χ0v) is 22.6. The Balaban J connectivity index is 1.56. The number of hydrogen-bond donors (Lipinski definition) is 2. The number of fused-ring (bicyclic) bond motifs is 1. The number of amides is 1. The van der Waals surface area contributed by atoms with Gasteiger partial charge in [-0.25, -0.2) is 4.98 Å². The second kappa shape index (κ2) is 13.0. The van der Waals surface area contributed by atoms with Crippen LogP contribution in [0, 0.1) is 0 Å². The molecule has 1 fully saturated rings. The minimum Gasteiger partial charge on any atom is -0.387 e. The van der Waals surface area contributed by atoms with Crippen LogP contribution in [-0.2, 0) is 4.79 Å². The SMILES string of the molecule is CCCCCCCCN1C(=O)/C(=C/c2c(NCC(O)c3ccccc3)nc3ccccn3c2=O)SC1=S. The van der Waals surface area contributed by atoms with E-state index in [2.05, 4.69) is 17.2 Å². The van der Waals surface area contributed by atoms with Crippen LogP contribution in [0.4, 0.5) is 5.82 Å². The molecule has 0 radical (unpaired) electrons. The van der Waals surface area contributed by atoms with Gasteiger partial charge in [0, 0.05) is 19.3 Å². The van der Waals surface area contributed by atoms with Gasteiger partial charge in [-0.1, -0.05) is 99.4 Å². The summed E-state index contributed by atoms with van der Waals surface area (Å²) in [6.07, 6.45) is 9.19. The summed E-state index contributed by atoms with van der Waals surface area (Å²) < 4.78 is 1.95. The van der Waals surface area contributed by atoms with E-state index in [0.29, 0.717) is 27.2 Å². The van der Waals surface area contributed by atoms with Crippen LogP contribution in [0.25, 0.3) is 11.7 Å². The zero-order chi connectivity index (χ0) is 26.2. The summed E-state index contributed by atoms with van der Waals surface area (Å²) >= 11 is 6.70. The maximum Gasteiger partial charge on any atom is 0.267 e. The molecule has 37 heavy (non-hydrogen) atoms. The summed E-state index contributed by atoms with van der Waals surface area (Å²) in [5.74, 6) is 0.128. The molecular weight excluding hydrogens is 504 g/mol.